The van der Waals surface area contributed by atoms with Gasteiger partial charge in [-0.15, -0.1) is 11.3 Å². The monoisotopic (exact) mass is 486 g/mol. The third-order valence-electron chi connectivity index (χ3n) is 6.32. The molecule has 1 fully saturated rings. The lowest BCUT2D eigenvalue weighted by atomic mass is 9.84. The number of likely N-dealkylation sites (tertiary alicyclic amines) is 1. The average Bonchev–Trinajstić information content (AvgIpc) is 3.38. The van der Waals surface area contributed by atoms with Crippen molar-refractivity contribution in [3.05, 3.63) is 58.3 Å². The normalized spacial score (nSPS) is 15.5. The van der Waals surface area contributed by atoms with Gasteiger partial charge in [0.15, 0.2) is 0 Å². The molecule has 1 aromatic heterocycles. The highest BCUT2D eigenvalue weighted by Crippen LogP contribution is 2.28. The Morgan fingerprint density at radius 3 is 2.73 bits per heavy atom. The van der Waals surface area contributed by atoms with Crippen molar-refractivity contribution >= 4 is 41.0 Å². The summed E-state index contributed by atoms with van der Waals surface area (Å²) in [7, 11) is 3.61. The van der Waals surface area contributed by atoms with Crippen molar-refractivity contribution in [1.29, 1.82) is 0 Å². The lowest BCUT2D eigenvalue weighted by molar-refractivity contribution is -0.134. The molecule has 1 saturated heterocycles. The zero-order valence-electron chi connectivity index (χ0n) is 19.7. The van der Waals surface area contributed by atoms with Crippen LogP contribution in [0.4, 0.5) is 0 Å². The highest BCUT2D eigenvalue weighted by molar-refractivity contribution is 7.98. The van der Waals surface area contributed by atoms with Gasteiger partial charge in [-0.1, -0.05) is 18.2 Å². The molecule has 2 amide bonds. The number of nitrogens with zero attached hydrogens (tertiary/aromatic N) is 2. The second-order valence-corrected chi connectivity index (χ2v) is 10.3. The molecule has 0 radical (unpaired) electrons. The predicted octanol–water partition coefficient (Wildman–Crippen LogP) is 4.83. The summed E-state index contributed by atoms with van der Waals surface area (Å²) < 4.78 is 5.40. The van der Waals surface area contributed by atoms with Crippen LogP contribution >= 0.6 is 23.1 Å². The van der Waals surface area contributed by atoms with Gasteiger partial charge in [-0.2, -0.15) is 11.8 Å². The molecule has 0 N–H and O–H groups in total. The van der Waals surface area contributed by atoms with E-state index in [4.69, 9.17) is 4.74 Å². The molecule has 7 heteroatoms. The highest BCUT2D eigenvalue weighted by Gasteiger charge is 2.32. The number of amides is 2. The SMILES string of the molecule is COc1cccc(CC(C2CCN(C(=O)/C=C/c3cccs3)CC2)N(C)C(=O)CCSC)c1. The first-order valence-electron chi connectivity index (χ1n) is 11.4. The molecule has 1 aromatic carbocycles. The molecule has 1 aliphatic rings. The standard InChI is InChI=1S/C26H34N2O3S2/c1-27(25(29)13-17-32-3)24(19-20-6-4-7-22(18-20)31-2)21-11-14-28(15-12-21)26(30)10-9-23-8-5-16-33-23/h4-10,16,18,21,24H,11-15,17,19H2,1-3H3/b10-9+. The van der Waals surface area contributed by atoms with Crippen molar-refractivity contribution in [3.63, 3.8) is 0 Å². The van der Waals surface area contributed by atoms with Gasteiger partial charge in [0.1, 0.15) is 5.75 Å². The van der Waals surface area contributed by atoms with Gasteiger partial charge in [-0.05, 0) is 66.7 Å². The summed E-state index contributed by atoms with van der Waals surface area (Å²) in [4.78, 5) is 30.5. The number of thioether (sulfide) groups is 1. The molecular formula is C26H34N2O3S2. The Kier molecular flexibility index (Phi) is 9.88. The summed E-state index contributed by atoms with van der Waals surface area (Å²) in [6.45, 7) is 1.44. The molecule has 0 bridgehead atoms. The molecule has 178 valence electrons. The smallest absolute Gasteiger partial charge is 0.246 e. The van der Waals surface area contributed by atoms with Crippen LogP contribution < -0.4 is 4.74 Å². The van der Waals surface area contributed by atoms with Crippen LogP contribution in [0.2, 0.25) is 0 Å². The maximum atomic E-state index is 12.9. The van der Waals surface area contributed by atoms with Gasteiger partial charge in [0, 0.05) is 49.3 Å². The minimum absolute atomic E-state index is 0.0654. The van der Waals surface area contributed by atoms with Gasteiger partial charge in [-0.25, -0.2) is 0 Å². The fourth-order valence-corrected chi connectivity index (χ4v) is 5.36. The van der Waals surface area contributed by atoms with Gasteiger partial charge < -0.3 is 14.5 Å². The minimum Gasteiger partial charge on any atom is -0.497 e. The van der Waals surface area contributed by atoms with E-state index in [1.165, 1.54) is 5.56 Å². The molecule has 0 saturated carbocycles. The van der Waals surface area contributed by atoms with Crippen LogP contribution in [0.25, 0.3) is 6.08 Å². The van der Waals surface area contributed by atoms with E-state index in [1.807, 2.05) is 58.8 Å². The van der Waals surface area contributed by atoms with Gasteiger partial charge in [0.2, 0.25) is 11.8 Å². The zero-order chi connectivity index (χ0) is 23.6. The van der Waals surface area contributed by atoms with E-state index in [0.29, 0.717) is 12.3 Å². The Morgan fingerprint density at radius 2 is 2.06 bits per heavy atom. The summed E-state index contributed by atoms with van der Waals surface area (Å²) in [5.41, 5.74) is 1.17. The van der Waals surface area contributed by atoms with Crippen molar-refractivity contribution < 1.29 is 14.3 Å². The molecule has 3 rings (SSSR count). The van der Waals surface area contributed by atoms with Crippen LogP contribution in [-0.2, 0) is 16.0 Å². The summed E-state index contributed by atoms with van der Waals surface area (Å²) in [6, 6.07) is 12.2. The number of hydrogen-bond donors (Lipinski definition) is 0. The molecule has 0 spiro atoms. The molecule has 2 aromatic rings. The zero-order valence-corrected chi connectivity index (χ0v) is 21.4. The van der Waals surface area contributed by atoms with Crippen LogP contribution in [0.5, 0.6) is 5.75 Å². The fourth-order valence-electron chi connectivity index (χ4n) is 4.36. The van der Waals surface area contributed by atoms with Crippen LogP contribution in [0.15, 0.2) is 47.9 Å². The van der Waals surface area contributed by atoms with E-state index in [1.54, 1.807) is 36.3 Å². The Bertz CT molecular complexity index is 921. The maximum Gasteiger partial charge on any atom is 0.246 e. The molecule has 0 aliphatic carbocycles. The van der Waals surface area contributed by atoms with Crippen LogP contribution in [-0.4, -0.2) is 66.9 Å². The Morgan fingerprint density at radius 1 is 1.27 bits per heavy atom. The number of likely N-dealkylation sites (N-methyl/N-ethyl adjacent to an activating group) is 1. The molecule has 1 aliphatic heterocycles. The van der Waals surface area contributed by atoms with Crippen molar-refractivity contribution in [2.45, 2.75) is 31.7 Å². The van der Waals surface area contributed by atoms with Crippen molar-refractivity contribution in [2.24, 2.45) is 5.92 Å². The van der Waals surface area contributed by atoms with Crippen LogP contribution in [0.1, 0.15) is 29.7 Å². The fraction of sp³-hybridized carbons (Fsp3) is 0.462. The number of hydrogen-bond acceptors (Lipinski definition) is 5. The summed E-state index contributed by atoms with van der Waals surface area (Å²) in [5, 5.41) is 2.01. The largest absolute Gasteiger partial charge is 0.497 e. The Hall–Kier alpha value is -2.25. The van der Waals surface area contributed by atoms with Gasteiger partial charge in [0.05, 0.1) is 7.11 Å². The third kappa shape index (κ3) is 7.37. The number of benzene rings is 1. The maximum absolute atomic E-state index is 12.9. The number of rotatable bonds is 10. The highest BCUT2D eigenvalue weighted by atomic mass is 32.2. The van der Waals surface area contributed by atoms with Crippen LogP contribution in [0, 0.1) is 5.92 Å². The van der Waals surface area contributed by atoms with Gasteiger partial charge in [-0.3, -0.25) is 9.59 Å². The first kappa shape index (κ1) is 25.4. The number of ether oxygens (including phenoxy) is 1. The van der Waals surface area contributed by atoms with Crippen molar-refractivity contribution in [2.75, 3.05) is 39.3 Å². The van der Waals surface area contributed by atoms with Gasteiger partial charge in [0.25, 0.3) is 0 Å². The Balaban J connectivity index is 1.67. The van der Waals surface area contributed by atoms with Crippen molar-refractivity contribution in [1.82, 2.24) is 9.80 Å². The van der Waals surface area contributed by atoms with E-state index in [9.17, 15) is 9.59 Å². The first-order chi connectivity index (χ1) is 16.0. The summed E-state index contributed by atoms with van der Waals surface area (Å²) in [5.74, 6) is 2.27. The molecule has 5 nitrogen and oxygen atoms in total. The predicted molar refractivity (Wildman–Crippen MR) is 139 cm³/mol. The Labute approximate surface area is 205 Å². The second kappa shape index (κ2) is 12.8. The summed E-state index contributed by atoms with van der Waals surface area (Å²) in [6.07, 6.45) is 8.73. The molecular weight excluding hydrogens is 452 g/mol. The lowest BCUT2D eigenvalue weighted by Crippen LogP contribution is -2.48. The van der Waals surface area contributed by atoms with E-state index in [0.717, 1.165) is 48.7 Å². The second-order valence-electron chi connectivity index (χ2n) is 8.38. The number of piperidine rings is 1. The van der Waals surface area contributed by atoms with E-state index in [2.05, 4.69) is 12.1 Å². The minimum atomic E-state index is 0.0654. The topological polar surface area (TPSA) is 49.9 Å². The number of carbonyl (C=O) groups is 2. The average molecular weight is 487 g/mol. The van der Waals surface area contributed by atoms with E-state index >= 15 is 0 Å². The third-order valence-corrected chi connectivity index (χ3v) is 7.77. The van der Waals surface area contributed by atoms with Crippen LogP contribution in [0.3, 0.4) is 0 Å². The lowest BCUT2D eigenvalue weighted by Gasteiger charge is -2.40. The molecule has 1 atom stereocenters. The first-order valence-corrected chi connectivity index (χ1v) is 13.7. The number of thiophene rings is 1. The van der Waals surface area contributed by atoms with Gasteiger partial charge >= 0.3 is 0 Å². The molecule has 2 heterocycles. The van der Waals surface area contributed by atoms with E-state index in [-0.39, 0.29) is 17.9 Å². The molecule has 33 heavy (non-hydrogen) atoms. The quantitative estimate of drug-likeness (QED) is 0.451. The van der Waals surface area contributed by atoms with Crippen molar-refractivity contribution in [3.8, 4) is 5.75 Å². The van der Waals surface area contributed by atoms with E-state index < -0.39 is 0 Å². The summed E-state index contributed by atoms with van der Waals surface area (Å²) >= 11 is 3.32. The number of carbonyl (C=O) groups excluding carboxylic acids is 2. The molecule has 1 unspecified atom stereocenters. The number of methoxy groups -OCH3 is 1.